The van der Waals surface area contributed by atoms with Gasteiger partial charge in [-0.05, 0) is 55.5 Å². The van der Waals surface area contributed by atoms with E-state index in [2.05, 4.69) is 5.32 Å². The Morgan fingerprint density at radius 3 is 2.61 bits per heavy atom. The number of hydrogen-bond acceptors (Lipinski definition) is 6. The molecule has 0 atom stereocenters. The number of para-hydroxylation sites is 2. The molecule has 1 fully saturated rings. The monoisotopic (exact) mass is 435 g/mol. The summed E-state index contributed by atoms with van der Waals surface area (Å²) in [5.74, 6) is 1.19. The largest absolute Gasteiger partial charge is 0.492 e. The highest BCUT2D eigenvalue weighted by Gasteiger charge is 2.34. The zero-order chi connectivity index (χ0) is 22.0. The highest BCUT2D eigenvalue weighted by Crippen LogP contribution is 2.32. The number of nitrogens with one attached hydrogen (secondary N) is 1. The normalized spacial score (nSPS) is 14.7. The van der Waals surface area contributed by atoms with Crippen LogP contribution in [0.2, 0.25) is 0 Å². The van der Waals surface area contributed by atoms with Gasteiger partial charge in [0.05, 0.1) is 17.2 Å². The Balaban J connectivity index is 1.59. The summed E-state index contributed by atoms with van der Waals surface area (Å²) < 4.78 is 11.4. The van der Waals surface area contributed by atoms with Gasteiger partial charge in [0.25, 0.3) is 11.6 Å². The van der Waals surface area contributed by atoms with Crippen molar-refractivity contribution < 1.29 is 18.9 Å². The second kappa shape index (κ2) is 8.41. The molecule has 2 heterocycles. The van der Waals surface area contributed by atoms with Crippen molar-refractivity contribution in [1.82, 2.24) is 5.32 Å². The second-order valence-corrected chi connectivity index (χ2v) is 6.92. The van der Waals surface area contributed by atoms with Gasteiger partial charge in [0, 0.05) is 23.8 Å². The summed E-state index contributed by atoms with van der Waals surface area (Å²) in [7, 11) is 0. The number of hydrogen-bond donors (Lipinski definition) is 1. The molecule has 8 nitrogen and oxygen atoms in total. The first-order chi connectivity index (χ1) is 15.0. The van der Waals surface area contributed by atoms with Gasteiger partial charge >= 0.3 is 0 Å². The Kier molecular flexibility index (Phi) is 5.50. The summed E-state index contributed by atoms with van der Waals surface area (Å²) in [6.07, 6.45) is 1.56. The fraction of sp³-hybridized carbons (Fsp3) is 0.0909. The average Bonchev–Trinajstić information content (AvgIpc) is 3.33. The van der Waals surface area contributed by atoms with Gasteiger partial charge in [0.15, 0.2) is 5.11 Å². The second-order valence-electron chi connectivity index (χ2n) is 6.54. The molecule has 1 aromatic heterocycles. The van der Waals surface area contributed by atoms with Crippen LogP contribution in [-0.4, -0.2) is 22.5 Å². The van der Waals surface area contributed by atoms with Gasteiger partial charge in [0.1, 0.15) is 23.0 Å². The van der Waals surface area contributed by atoms with Crippen LogP contribution in [0.4, 0.5) is 11.4 Å². The third-order valence-electron chi connectivity index (χ3n) is 4.56. The number of rotatable bonds is 6. The number of thiocarbonyl (C=S) groups is 1. The minimum absolute atomic E-state index is 0.000613. The lowest BCUT2D eigenvalue weighted by Gasteiger charge is -2.17. The molecular weight excluding hydrogens is 418 g/mol. The Hall–Kier alpha value is -3.98. The van der Waals surface area contributed by atoms with Crippen molar-refractivity contribution in [2.75, 3.05) is 11.5 Å². The molecule has 2 aromatic carbocycles. The molecule has 1 amide bonds. The van der Waals surface area contributed by atoms with Gasteiger partial charge in [-0.1, -0.05) is 12.1 Å². The first kappa shape index (κ1) is 20.3. The maximum absolute atomic E-state index is 13.0. The third kappa shape index (κ3) is 4.03. The maximum atomic E-state index is 13.0. The molecule has 1 saturated heterocycles. The van der Waals surface area contributed by atoms with Crippen molar-refractivity contribution in [2.45, 2.75) is 6.92 Å². The molecule has 0 radical (unpaired) electrons. The van der Waals surface area contributed by atoms with E-state index in [1.165, 1.54) is 17.0 Å². The number of amides is 1. The number of nitro groups is 1. The van der Waals surface area contributed by atoms with Crippen LogP contribution in [0.3, 0.4) is 0 Å². The van der Waals surface area contributed by atoms with E-state index in [-0.39, 0.29) is 22.4 Å². The SMILES string of the molecule is CCOc1ccccc1N1C(=O)/C(=C\c2ccc(-c3ccc([N+](=O)[O-])cc3)o2)NC1=S. The number of non-ortho nitro benzene ring substituents is 1. The summed E-state index contributed by atoms with van der Waals surface area (Å²) in [6.45, 7) is 2.32. The molecule has 9 heteroatoms. The number of ether oxygens (including phenoxy) is 1. The number of furan rings is 1. The molecule has 0 saturated carbocycles. The summed E-state index contributed by atoms with van der Waals surface area (Å²) >= 11 is 5.36. The van der Waals surface area contributed by atoms with Crippen molar-refractivity contribution >= 4 is 40.7 Å². The minimum atomic E-state index is -0.461. The van der Waals surface area contributed by atoms with Crippen LogP contribution in [0.5, 0.6) is 5.75 Å². The Labute approximate surface area is 182 Å². The van der Waals surface area contributed by atoms with Crippen molar-refractivity contribution in [3.05, 3.63) is 82.2 Å². The van der Waals surface area contributed by atoms with Crippen LogP contribution in [0, 0.1) is 10.1 Å². The number of nitro benzene ring substituents is 1. The molecule has 1 N–H and O–H groups in total. The van der Waals surface area contributed by atoms with E-state index in [1.54, 1.807) is 48.5 Å². The molecule has 4 rings (SSSR count). The summed E-state index contributed by atoms with van der Waals surface area (Å²) in [4.78, 5) is 24.7. The van der Waals surface area contributed by atoms with E-state index in [0.29, 0.717) is 35.1 Å². The summed E-state index contributed by atoms with van der Waals surface area (Å²) in [5, 5.41) is 14.0. The number of nitrogens with zero attached hydrogens (tertiary/aromatic N) is 2. The van der Waals surface area contributed by atoms with Crippen LogP contribution < -0.4 is 15.0 Å². The quantitative estimate of drug-likeness (QED) is 0.263. The van der Waals surface area contributed by atoms with E-state index >= 15 is 0 Å². The van der Waals surface area contributed by atoms with Crippen LogP contribution in [0.1, 0.15) is 12.7 Å². The molecule has 3 aromatic rings. The van der Waals surface area contributed by atoms with Crippen LogP contribution in [0.25, 0.3) is 17.4 Å². The first-order valence-corrected chi connectivity index (χ1v) is 9.82. The molecule has 0 bridgehead atoms. The van der Waals surface area contributed by atoms with Gasteiger partial charge in [-0.3, -0.25) is 14.9 Å². The van der Waals surface area contributed by atoms with Crippen molar-refractivity contribution in [3.63, 3.8) is 0 Å². The maximum Gasteiger partial charge on any atom is 0.281 e. The van der Waals surface area contributed by atoms with E-state index in [4.69, 9.17) is 21.4 Å². The van der Waals surface area contributed by atoms with E-state index < -0.39 is 4.92 Å². The molecule has 156 valence electrons. The standard InChI is InChI=1S/C22H17N3O5S/c1-2-29-20-6-4-3-5-18(20)24-21(26)17(23-22(24)31)13-16-11-12-19(30-16)14-7-9-15(10-8-14)25(27)28/h3-13H,2H2,1H3,(H,23,31)/b17-13+. The summed E-state index contributed by atoms with van der Waals surface area (Å²) in [5.41, 5.74) is 1.50. The number of carbonyl (C=O) groups excluding carboxylic acids is 1. The third-order valence-corrected chi connectivity index (χ3v) is 4.84. The van der Waals surface area contributed by atoms with Gasteiger partial charge < -0.3 is 14.5 Å². The van der Waals surface area contributed by atoms with Gasteiger partial charge in [-0.2, -0.15) is 0 Å². The highest BCUT2D eigenvalue weighted by atomic mass is 32.1. The van der Waals surface area contributed by atoms with Crippen LogP contribution in [-0.2, 0) is 4.79 Å². The molecule has 0 spiro atoms. The lowest BCUT2D eigenvalue weighted by atomic mass is 10.1. The van der Waals surface area contributed by atoms with Gasteiger partial charge in [-0.15, -0.1) is 0 Å². The number of carbonyl (C=O) groups is 1. The van der Waals surface area contributed by atoms with Gasteiger partial charge in [0.2, 0.25) is 0 Å². The van der Waals surface area contributed by atoms with E-state index in [1.807, 2.05) is 13.0 Å². The van der Waals surface area contributed by atoms with Crippen molar-refractivity contribution in [3.8, 4) is 17.1 Å². The predicted molar refractivity (Wildman–Crippen MR) is 120 cm³/mol. The van der Waals surface area contributed by atoms with Crippen molar-refractivity contribution in [1.29, 1.82) is 0 Å². The lowest BCUT2D eigenvalue weighted by Crippen LogP contribution is -2.30. The Morgan fingerprint density at radius 1 is 1.16 bits per heavy atom. The van der Waals surface area contributed by atoms with Crippen molar-refractivity contribution in [2.24, 2.45) is 0 Å². The average molecular weight is 435 g/mol. The topological polar surface area (TPSA) is 97.8 Å². The predicted octanol–water partition coefficient (Wildman–Crippen LogP) is 4.52. The molecule has 31 heavy (non-hydrogen) atoms. The minimum Gasteiger partial charge on any atom is -0.492 e. The number of anilines is 1. The van der Waals surface area contributed by atoms with E-state index in [9.17, 15) is 14.9 Å². The highest BCUT2D eigenvalue weighted by molar-refractivity contribution is 7.80. The smallest absolute Gasteiger partial charge is 0.281 e. The van der Waals surface area contributed by atoms with Crippen LogP contribution in [0.15, 0.2) is 70.8 Å². The molecule has 0 unspecified atom stereocenters. The zero-order valence-electron chi connectivity index (χ0n) is 16.4. The summed E-state index contributed by atoms with van der Waals surface area (Å²) in [6, 6.07) is 16.6. The first-order valence-electron chi connectivity index (χ1n) is 9.41. The molecule has 0 aliphatic carbocycles. The zero-order valence-corrected chi connectivity index (χ0v) is 17.2. The lowest BCUT2D eigenvalue weighted by molar-refractivity contribution is -0.384. The fourth-order valence-corrected chi connectivity index (χ4v) is 3.44. The van der Waals surface area contributed by atoms with E-state index in [0.717, 1.165) is 0 Å². The molecule has 1 aliphatic heterocycles. The molecule has 1 aliphatic rings. The van der Waals surface area contributed by atoms with Crippen LogP contribution >= 0.6 is 12.2 Å². The molecular formula is C22H17N3O5S. The number of benzene rings is 2. The van der Waals surface area contributed by atoms with Gasteiger partial charge in [-0.25, -0.2) is 4.90 Å². The Bertz CT molecular complexity index is 1200. The Morgan fingerprint density at radius 2 is 1.90 bits per heavy atom. The fourth-order valence-electron chi connectivity index (χ4n) is 3.15.